The Morgan fingerprint density at radius 1 is 1.09 bits per heavy atom. The third kappa shape index (κ3) is 4.01. The molecule has 1 aliphatic rings. The predicted octanol–water partition coefficient (Wildman–Crippen LogP) is 6.96. The second-order valence-electron chi connectivity index (χ2n) is 8.07. The van der Waals surface area contributed by atoms with Gasteiger partial charge in [-0.25, -0.2) is 13.6 Å². The maximum absolute atomic E-state index is 15.9. The standard InChI is InChI=1S/C27H19ClF2N2O2/c1-2-24(33)34-23-6-4-3-5-18(23)26(19-11-12-22-20(27(19)30)14-31-32-22)25(15-7-8-15)17-10-9-16(29)13-21(17)28/h2-6,9-15H,1,7-8H2,(H,31,32)/b26-25+. The van der Waals surface area contributed by atoms with Gasteiger partial charge in [-0.15, -0.1) is 0 Å². The zero-order valence-electron chi connectivity index (χ0n) is 17.9. The van der Waals surface area contributed by atoms with Gasteiger partial charge in [0.25, 0.3) is 0 Å². The first-order valence-corrected chi connectivity index (χ1v) is 11.1. The topological polar surface area (TPSA) is 55.0 Å². The Labute approximate surface area is 199 Å². The molecule has 1 aromatic heterocycles. The van der Waals surface area contributed by atoms with E-state index in [9.17, 15) is 9.18 Å². The average Bonchev–Trinajstić information content (AvgIpc) is 3.55. The van der Waals surface area contributed by atoms with Crippen LogP contribution in [0.2, 0.25) is 5.02 Å². The van der Waals surface area contributed by atoms with E-state index in [0.717, 1.165) is 24.5 Å². The van der Waals surface area contributed by atoms with Crippen LogP contribution in [0.1, 0.15) is 29.5 Å². The first kappa shape index (κ1) is 22.0. The molecular formula is C27H19ClF2N2O2. The van der Waals surface area contributed by atoms with Crippen molar-refractivity contribution in [3.8, 4) is 5.75 Å². The van der Waals surface area contributed by atoms with Crippen molar-refractivity contribution in [2.75, 3.05) is 0 Å². The maximum atomic E-state index is 15.9. The highest BCUT2D eigenvalue weighted by Gasteiger charge is 2.33. The summed E-state index contributed by atoms with van der Waals surface area (Å²) in [5.41, 5.74) is 3.29. The summed E-state index contributed by atoms with van der Waals surface area (Å²) in [5.74, 6) is -1.23. The highest BCUT2D eigenvalue weighted by molar-refractivity contribution is 6.33. The summed E-state index contributed by atoms with van der Waals surface area (Å²) in [5, 5.41) is 7.28. The summed E-state index contributed by atoms with van der Waals surface area (Å²) >= 11 is 6.50. The van der Waals surface area contributed by atoms with Crippen LogP contribution < -0.4 is 4.74 Å². The van der Waals surface area contributed by atoms with Crippen LogP contribution in [0, 0.1) is 17.6 Å². The molecule has 34 heavy (non-hydrogen) atoms. The van der Waals surface area contributed by atoms with E-state index in [0.29, 0.717) is 33.2 Å². The second-order valence-corrected chi connectivity index (χ2v) is 8.47. The minimum Gasteiger partial charge on any atom is -0.423 e. The number of esters is 1. The van der Waals surface area contributed by atoms with Gasteiger partial charge in [0, 0.05) is 17.2 Å². The van der Waals surface area contributed by atoms with Crippen LogP contribution in [0.4, 0.5) is 8.78 Å². The van der Waals surface area contributed by atoms with Crippen LogP contribution in [0.5, 0.6) is 5.75 Å². The monoisotopic (exact) mass is 476 g/mol. The minimum atomic E-state index is -0.634. The van der Waals surface area contributed by atoms with Crippen molar-refractivity contribution in [2.24, 2.45) is 5.92 Å². The van der Waals surface area contributed by atoms with E-state index in [1.165, 1.54) is 18.3 Å². The molecule has 0 atom stereocenters. The third-order valence-electron chi connectivity index (χ3n) is 5.84. The van der Waals surface area contributed by atoms with Gasteiger partial charge in [-0.1, -0.05) is 42.4 Å². The molecule has 170 valence electrons. The molecule has 4 aromatic rings. The fourth-order valence-corrected chi connectivity index (χ4v) is 4.43. The molecule has 0 unspecified atom stereocenters. The first-order valence-electron chi connectivity index (χ1n) is 10.7. The lowest BCUT2D eigenvalue weighted by Gasteiger charge is -2.20. The lowest BCUT2D eigenvalue weighted by atomic mass is 9.86. The van der Waals surface area contributed by atoms with Crippen LogP contribution in [0.15, 0.2) is 73.4 Å². The molecule has 1 N–H and O–H groups in total. The van der Waals surface area contributed by atoms with Gasteiger partial charge in [0.05, 0.1) is 22.1 Å². The summed E-state index contributed by atoms with van der Waals surface area (Å²) in [4.78, 5) is 12.1. The summed E-state index contributed by atoms with van der Waals surface area (Å²) in [6.45, 7) is 3.46. The highest BCUT2D eigenvalue weighted by atomic mass is 35.5. The Bertz CT molecular complexity index is 1470. The van der Waals surface area contributed by atoms with E-state index in [1.807, 2.05) is 0 Å². The smallest absolute Gasteiger partial charge is 0.335 e. The van der Waals surface area contributed by atoms with Crippen LogP contribution in [0.25, 0.3) is 22.0 Å². The van der Waals surface area contributed by atoms with E-state index in [1.54, 1.807) is 42.5 Å². The number of ether oxygens (including phenoxy) is 1. The number of nitrogens with zero attached hydrogens (tertiary/aromatic N) is 1. The molecule has 7 heteroatoms. The zero-order chi connectivity index (χ0) is 23.8. The molecule has 0 radical (unpaired) electrons. The largest absolute Gasteiger partial charge is 0.423 e. The maximum Gasteiger partial charge on any atom is 0.335 e. The molecule has 5 rings (SSSR count). The van der Waals surface area contributed by atoms with Crippen LogP contribution in [-0.2, 0) is 4.79 Å². The molecule has 0 amide bonds. The Morgan fingerprint density at radius 2 is 1.85 bits per heavy atom. The number of allylic oxidation sites excluding steroid dienone is 1. The van der Waals surface area contributed by atoms with E-state index in [-0.39, 0.29) is 16.7 Å². The molecule has 4 nitrogen and oxygen atoms in total. The van der Waals surface area contributed by atoms with Gasteiger partial charge in [-0.2, -0.15) is 5.10 Å². The molecule has 1 heterocycles. The third-order valence-corrected chi connectivity index (χ3v) is 6.15. The molecular weight excluding hydrogens is 458 g/mol. The van der Waals surface area contributed by atoms with E-state index < -0.39 is 17.6 Å². The second kappa shape index (κ2) is 8.88. The quantitative estimate of drug-likeness (QED) is 0.142. The van der Waals surface area contributed by atoms with Gasteiger partial charge in [-0.05, 0) is 65.8 Å². The Balaban J connectivity index is 1.87. The van der Waals surface area contributed by atoms with Crippen molar-refractivity contribution in [3.63, 3.8) is 0 Å². The fraction of sp³-hybridized carbons (Fsp3) is 0.111. The minimum absolute atomic E-state index is 0.0839. The van der Waals surface area contributed by atoms with Gasteiger partial charge < -0.3 is 4.74 Å². The number of aromatic nitrogens is 2. The van der Waals surface area contributed by atoms with Crippen LogP contribution in [-0.4, -0.2) is 16.2 Å². The molecule has 3 aromatic carbocycles. The van der Waals surface area contributed by atoms with Crippen molar-refractivity contribution in [1.29, 1.82) is 0 Å². The first-order chi connectivity index (χ1) is 16.5. The molecule has 0 aliphatic heterocycles. The van der Waals surface area contributed by atoms with Crippen LogP contribution >= 0.6 is 11.6 Å². The number of benzene rings is 3. The average molecular weight is 477 g/mol. The van der Waals surface area contributed by atoms with Crippen molar-refractivity contribution in [3.05, 3.63) is 107 Å². The number of carbonyl (C=O) groups is 1. The number of hydrogen-bond donors (Lipinski definition) is 1. The summed E-state index contributed by atoms with van der Waals surface area (Å²) < 4.78 is 35.3. The van der Waals surface area contributed by atoms with Crippen LogP contribution in [0.3, 0.4) is 0 Å². The van der Waals surface area contributed by atoms with Crippen molar-refractivity contribution < 1.29 is 18.3 Å². The molecule has 1 aliphatic carbocycles. The SMILES string of the molecule is C=CC(=O)Oc1ccccc1/C(=C(\c1ccc(F)cc1Cl)C1CC1)c1ccc2[nH]ncc2c1F. The number of halogens is 3. The van der Waals surface area contributed by atoms with E-state index in [4.69, 9.17) is 16.3 Å². The number of nitrogens with one attached hydrogen (secondary N) is 1. The lowest BCUT2D eigenvalue weighted by molar-refractivity contribution is -0.128. The van der Waals surface area contributed by atoms with E-state index >= 15 is 4.39 Å². The van der Waals surface area contributed by atoms with Gasteiger partial charge >= 0.3 is 5.97 Å². The molecule has 0 bridgehead atoms. The van der Waals surface area contributed by atoms with Gasteiger partial charge in [0.15, 0.2) is 0 Å². The summed E-state index contributed by atoms with van der Waals surface area (Å²) in [7, 11) is 0. The molecule has 1 fully saturated rings. The Morgan fingerprint density at radius 3 is 2.59 bits per heavy atom. The Kier molecular flexibility index (Phi) is 5.75. The zero-order valence-corrected chi connectivity index (χ0v) is 18.7. The fourth-order valence-electron chi connectivity index (χ4n) is 4.16. The van der Waals surface area contributed by atoms with Gasteiger partial charge in [0.2, 0.25) is 0 Å². The summed E-state index contributed by atoms with van der Waals surface area (Å²) in [6, 6.07) is 14.5. The molecule has 1 saturated carbocycles. The number of fused-ring (bicyclic) bond motifs is 1. The van der Waals surface area contributed by atoms with Crippen molar-refractivity contribution in [2.45, 2.75) is 12.8 Å². The number of hydrogen-bond acceptors (Lipinski definition) is 3. The molecule has 0 saturated heterocycles. The number of H-pyrrole nitrogens is 1. The number of aromatic amines is 1. The normalized spacial score (nSPS) is 14.1. The molecule has 0 spiro atoms. The Hall–Kier alpha value is -3.77. The number of rotatable bonds is 6. The van der Waals surface area contributed by atoms with Crippen molar-refractivity contribution in [1.82, 2.24) is 10.2 Å². The number of carbonyl (C=O) groups excluding carboxylic acids is 1. The highest BCUT2D eigenvalue weighted by Crippen LogP contribution is 2.51. The van der Waals surface area contributed by atoms with Gasteiger partial charge in [0.1, 0.15) is 17.4 Å². The summed E-state index contributed by atoms with van der Waals surface area (Å²) in [6.07, 6.45) is 4.24. The number of para-hydroxylation sites is 1. The van der Waals surface area contributed by atoms with Crippen molar-refractivity contribution >= 4 is 39.6 Å². The van der Waals surface area contributed by atoms with E-state index in [2.05, 4.69) is 16.8 Å². The lowest BCUT2D eigenvalue weighted by Crippen LogP contribution is -2.07. The predicted molar refractivity (Wildman–Crippen MR) is 128 cm³/mol. The van der Waals surface area contributed by atoms with Gasteiger partial charge in [-0.3, -0.25) is 5.10 Å².